The Labute approximate surface area is 260 Å². The van der Waals surface area contributed by atoms with Gasteiger partial charge < -0.3 is 20.4 Å². The van der Waals surface area contributed by atoms with E-state index >= 15 is 0 Å². The predicted octanol–water partition coefficient (Wildman–Crippen LogP) is 4.61. The van der Waals surface area contributed by atoms with Crippen LogP contribution >= 0.6 is 11.6 Å². The molecule has 43 heavy (non-hydrogen) atoms. The van der Waals surface area contributed by atoms with Gasteiger partial charge in [-0.2, -0.15) is 0 Å². The summed E-state index contributed by atoms with van der Waals surface area (Å²) in [6.07, 6.45) is 8.62. The molecule has 2 aromatic rings. The van der Waals surface area contributed by atoms with Crippen LogP contribution in [0, 0.1) is 23.2 Å². The number of rotatable bonds is 6. The zero-order valence-corrected chi connectivity index (χ0v) is 26.2. The number of piperidine rings is 1. The van der Waals surface area contributed by atoms with Gasteiger partial charge in [0.15, 0.2) is 0 Å². The quantitative estimate of drug-likeness (QED) is 0.505. The summed E-state index contributed by atoms with van der Waals surface area (Å²) >= 11 is 6.14. The topological polar surface area (TPSA) is 81.8 Å². The van der Waals surface area contributed by atoms with E-state index in [0.717, 1.165) is 31.2 Å². The third-order valence-electron chi connectivity index (χ3n) is 10.9. The van der Waals surface area contributed by atoms with Crippen LogP contribution in [0.25, 0.3) is 0 Å². The molecule has 8 heteroatoms. The maximum absolute atomic E-state index is 14.1. The highest BCUT2D eigenvalue weighted by atomic mass is 35.5. The van der Waals surface area contributed by atoms with Gasteiger partial charge in [0.25, 0.3) is 0 Å². The largest absolute Gasteiger partial charge is 0.349 e. The highest BCUT2D eigenvalue weighted by Crippen LogP contribution is 2.60. The maximum atomic E-state index is 14.1. The summed E-state index contributed by atoms with van der Waals surface area (Å²) < 4.78 is 0. The smallest absolute Gasteiger partial charge is 0.245 e. The second-order valence-electron chi connectivity index (χ2n) is 13.6. The lowest BCUT2D eigenvalue weighted by molar-refractivity contribution is -0.139. The molecule has 1 saturated heterocycles. The minimum Gasteiger partial charge on any atom is -0.349 e. The summed E-state index contributed by atoms with van der Waals surface area (Å²) in [6, 6.07) is 14.7. The number of hydrogen-bond acceptors (Lipinski definition) is 4. The molecule has 5 atom stereocenters. The number of benzene rings is 2. The van der Waals surface area contributed by atoms with Crippen LogP contribution in [0.2, 0.25) is 5.02 Å². The molecule has 2 aromatic carbocycles. The fraction of sp³-hybridized carbons (Fsp3) is 0.571. The van der Waals surface area contributed by atoms with Crippen molar-refractivity contribution in [1.29, 1.82) is 0 Å². The molecule has 230 valence electrons. The second kappa shape index (κ2) is 12.6. The average molecular weight is 605 g/mol. The van der Waals surface area contributed by atoms with Crippen molar-refractivity contribution < 1.29 is 14.4 Å². The monoisotopic (exact) mass is 604 g/mol. The summed E-state index contributed by atoms with van der Waals surface area (Å²) in [6.45, 7) is 1.98. The summed E-state index contributed by atoms with van der Waals surface area (Å²) in [7, 11) is 3.76. The standard InChI is InChI=1S/C35H45ClN4O3/c1-39(2)33(42)28-21-35(29-10-6-5-9-27(28)29)15-17-40(18-16-35)34(43)31(19-23-11-13-26(36)14-12-23)38-32(41)30-20-24-7-3-4-8-25(24)22-37-30/h3-4,7-8,11-14,27-31,37H,5-6,9-10,15-22H2,1-2H3,(H,38,41)/t27?,28-,29?,30-,31+/m1/s1. The third-order valence-corrected chi connectivity index (χ3v) is 11.2. The molecule has 4 aliphatic rings. The van der Waals surface area contributed by atoms with Crippen molar-refractivity contribution in [3.8, 4) is 0 Å². The van der Waals surface area contributed by atoms with Crippen LogP contribution in [0.3, 0.4) is 0 Å². The molecule has 7 nitrogen and oxygen atoms in total. The molecule has 0 aromatic heterocycles. The Bertz CT molecular complexity index is 1340. The molecule has 2 heterocycles. The molecule has 3 fully saturated rings. The van der Waals surface area contributed by atoms with E-state index in [-0.39, 0.29) is 35.1 Å². The SMILES string of the molecule is CN(C)C(=O)[C@@H]1CC2(CCN(C(=O)[C@H](Cc3ccc(Cl)cc3)NC(=O)[C@H]3Cc4ccccc4CN3)CC2)C2CCCCC21. The Kier molecular flexibility index (Phi) is 8.84. The van der Waals surface area contributed by atoms with Gasteiger partial charge in [0.05, 0.1) is 6.04 Å². The summed E-state index contributed by atoms with van der Waals surface area (Å²) in [5, 5.41) is 7.15. The van der Waals surface area contributed by atoms with Gasteiger partial charge in [-0.05, 0) is 84.6 Å². The zero-order chi connectivity index (χ0) is 30.1. The van der Waals surface area contributed by atoms with Crippen molar-refractivity contribution in [2.75, 3.05) is 27.2 Å². The van der Waals surface area contributed by atoms with Crippen LogP contribution in [0.4, 0.5) is 0 Å². The Hall–Kier alpha value is -2.90. The van der Waals surface area contributed by atoms with Gasteiger partial charge >= 0.3 is 0 Å². The van der Waals surface area contributed by atoms with Gasteiger partial charge in [0, 0.05) is 51.1 Å². The van der Waals surface area contributed by atoms with Crippen molar-refractivity contribution in [2.45, 2.75) is 76.4 Å². The third kappa shape index (κ3) is 6.21. The number of fused-ring (bicyclic) bond motifs is 3. The van der Waals surface area contributed by atoms with E-state index in [2.05, 4.69) is 22.8 Å². The van der Waals surface area contributed by atoms with E-state index < -0.39 is 6.04 Å². The molecule has 0 radical (unpaired) electrons. The van der Waals surface area contributed by atoms with Gasteiger partial charge in [-0.25, -0.2) is 0 Å². The van der Waals surface area contributed by atoms with E-state index in [1.54, 1.807) is 4.90 Å². The summed E-state index contributed by atoms with van der Waals surface area (Å²) in [5.41, 5.74) is 3.48. The Morgan fingerprint density at radius 1 is 1.02 bits per heavy atom. The highest BCUT2D eigenvalue weighted by Gasteiger charge is 2.56. The molecule has 1 spiro atoms. The van der Waals surface area contributed by atoms with Crippen molar-refractivity contribution in [2.24, 2.45) is 23.2 Å². The van der Waals surface area contributed by atoms with E-state index in [9.17, 15) is 14.4 Å². The first kappa shape index (κ1) is 30.1. The number of nitrogens with zero attached hydrogens (tertiary/aromatic N) is 2. The van der Waals surface area contributed by atoms with Crippen LogP contribution in [0.15, 0.2) is 48.5 Å². The van der Waals surface area contributed by atoms with Gasteiger partial charge in [0.1, 0.15) is 6.04 Å². The minimum absolute atomic E-state index is 0.0199. The number of halogens is 1. The fourth-order valence-corrected chi connectivity index (χ4v) is 8.81. The van der Waals surface area contributed by atoms with Gasteiger partial charge in [-0.3, -0.25) is 14.4 Å². The second-order valence-corrected chi connectivity index (χ2v) is 14.0. The molecule has 2 saturated carbocycles. The van der Waals surface area contributed by atoms with E-state index in [0.29, 0.717) is 49.3 Å². The number of likely N-dealkylation sites (tertiary alicyclic amines) is 1. The Morgan fingerprint density at radius 2 is 1.72 bits per heavy atom. The summed E-state index contributed by atoms with van der Waals surface area (Å²) in [5.74, 6) is 1.26. The van der Waals surface area contributed by atoms with Crippen LogP contribution < -0.4 is 10.6 Å². The molecule has 2 unspecified atom stereocenters. The molecular formula is C35H45ClN4O3. The lowest BCUT2D eigenvalue weighted by Crippen LogP contribution is -2.57. The number of carbonyl (C=O) groups excluding carboxylic acids is 3. The highest BCUT2D eigenvalue weighted by molar-refractivity contribution is 6.30. The first-order valence-corrected chi connectivity index (χ1v) is 16.5. The first-order chi connectivity index (χ1) is 20.7. The molecule has 2 N–H and O–H groups in total. The van der Waals surface area contributed by atoms with Crippen LogP contribution in [-0.4, -0.2) is 66.8 Å². The zero-order valence-electron chi connectivity index (χ0n) is 25.5. The number of amides is 3. The van der Waals surface area contributed by atoms with Crippen molar-refractivity contribution >= 4 is 29.3 Å². The molecule has 2 aliphatic carbocycles. The Balaban J connectivity index is 1.16. The van der Waals surface area contributed by atoms with E-state index in [1.165, 1.54) is 30.4 Å². The van der Waals surface area contributed by atoms with Crippen molar-refractivity contribution in [1.82, 2.24) is 20.4 Å². The molecule has 2 aliphatic heterocycles. The summed E-state index contributed by atoms with van der Waals surface area (Å²) in [4.78, 5) is 44.6. The van der Waals surface area contributed by atoms with Gasteiger partial charge in [-0.1, -0.05) is 60.8 Å². The Morgan fingerprint density at radius 3 is 2.44 bits per heavy atom. The normalized spacial score (nSPS) is 26.7. The number of hydrogen-bond donors (Lipinski definition) is 2. The van der Waals surface area contributed by atoms with Crippen molar-refractivity contribution in [3.63, 3.8) is 0 Å². The van der Waals surface area contributed by atoms with Gasteiger partial charge in [0.2, 0.25) is 17.7 Å². The fourth-order valence-electron chi connectivity index (χ4n) is 8.68. The average Bonchev–Trinajstić information content (AvgIpc) is 3.34. The minimum atomic E-state index is -0.657. The lowest BCUT2D eigenvalue weighted by atomic mass is 9.65. The van der Waals surface area contributed by atoms with E-state index in [1.807, 2.05) is 55.4 Å². The number of nitrogens with one attached hydrogen (secondary N) is 2. The maximum Gasteiger partial charge on any atom is 0.245 e. The molecular weight excluding hydrogens is 560 g/mol. The van der Waals surface area contributed by atoms with Crippen LogP contribution in [0.5, 0.6) is 0 Å². The predicted molar refractivity (Wildman–Crippen MR) is 168 cm³/mol. The van der Waals surface area contributed by atoms with Crippen LogP contribution in [-0.2, 0) is 33.8 Å². The number of carbonyl (C=O) groups is 3. The van der Waals surface area contributed by atoms with E-state index in [4.69, 9.17) is 11.6 Å². The first-order valence-electron chi connectivity index (χ1n) is 16.1. The van der Waals surface area contributed by atoms with Crippen molar-refractivity contribution in [3.05, 3.63) is 70.2 Å². The van der Waals surface area contributed by atoms with Gasteiger partial charge in [-0.15, -0.1) is 0 Å². The molecule has 6 rings (SSSR count). The molecule has 3 amide bonds. The van der Waals surface area contributed by atoms with Crippen LogP contribution in [0.1, 0.15) is 61.6 Å². The lowest BCUT2D eigenvalue weighted by Gasteiger charge is -2.46. The molecule has 0 bridgehead atoms.